The standard InChI is InChI=1S/C20H36N2O3/c1-15(2)19(23)13-21-9-5-17(6-10-21)18-7-11-22(12-8-18)20(24)14-25-16(3)4/h15-18H,5-14H2,1-4H3. The van der Waals surface area contributed by atoms with E-state index in [4.69, 9.17) is 4.74 Å². The number of ketones is 1. The second kappa shape index (κ2) is 9.67. The first-order chi connectivity index (χ1) is 11.9. The van der Waals surface area contributed by atoms with Gasteiger partial charge < -0.3 is 9.64 Å². The second-order valence-electron chi connectivity index (χ2n) is 8.31. The highest BCUT2D eigenvalue weighted by atomic mass is 16.5. The third-order valence-corrected chi connectivity index (χ3v) is 5.75. The molecule has 0 bridgehead atoms. The van der Waals surface area contributed by atoms with Gasteiger partial charge in [-0.05, 0) is 64.5 Å². The van der Waals surface area contributed by atoms with Crippen molar-refractivity contribution in [3.05, 3.63) is 0 Å². The van der Waals surface area contributed by atoms with Crippen LogP contribution in [0.1, 0.15) is 53.4 Å². The number of piperidine rings is 2. The van der Waals surface area contributed by atoms with Crippen LogP contribution in [0.3, 0.4) is 0 Å². The molecule has 0 aromatic rings. The van der Waals surface area contributed by atoms with Crippen LogP contribution in [0.25, 0.3) is 0 Å². The summed E-state index contributed by atoms with van der Waals surface area (Å²) < 4.78 is 5.44. The van der Waals surface area contributed by atoms with Crippen LogP contribution >= 0.6 is 0 Å². The van der Waals surface area contributed by atoms with E-state index in [1.165, 1.54) is 12.8 Å². The van der Waals surface area contributed by atoms with Gasteiger partial charge in [0.05, 0.1) is 12.6 Å². The molecule has 0 unspecified atom stereocenters. The average molecular weight is 353 g/mol. The number of carbonyl (C=O) groups is 2. The summed E-state index contributed by atoms with van der Waals surface area (Å²) in [5.74, 6) is 2.12. The van der Waals surface area contributed by atoms with Crippen molar-refractivity contribution >= 4 is 11.7 Å². The molecule has 0 radical (unpaired) electrons. The van der Waals surface area contributed by atoms with E-state index < -0.39 is 0 Å². The Morgan fingerprint density at radius 2 is 1.44 bits per heavy atom. The fourth-order valence-corrected chi connectivity index (χ4v) is 3.93. The van der Waals surface area contributed by atoms with Gasteiger partial charge in [-0.15, -0.1) is 0 Å². The van der Waals surface area contributed by atoms with Crippen molar-refractivity contribution in [2.45, 2.75) is 59.5 Å². The van der Waals surface area contributed by atoms with E-state index in [0.29, 0.717) is 12.3 Å². The van der Waals surface area contributed by atoms with Crippen molar-refractivity contribution in [2.24, 2.45) is 17.8 Å². The number of amides is 1. The van der Waals surface area contributed by atoms with Crippen molar-refractivity contribution in [3.8, 4) is 0 Å². The lowest BCUT2D eigenvalue weighted by Gasteiger charge is -2.40. The molecule has 2 rings (SSSR count). The van der Waals surface area contributed by atoms with Crippen molar-refractivity contribution in [2.75, 3.05) is 39.3 Å². The van der Waals surface area contributed by atoms with Crippen LogP contribution in [-0.4, -0.2) is 66.9 Å². The molecule has 0 N–H and O–H groups in total. The topological polar surface area (TPSA) is 49.9 Å². The van der Waals surface area contributed by atoms with Gasteiger partial charge in [0, 0.05) is 19.0 Å². The van der Waals surface area contributed by atoms with Crippen molar-refractivity contribution in [1.82, 2.24) is 9.80 Å². The zero-order valence-corrected chi connectivity index (χ0v) is 16.5. The molecule has 5 heteroatoms. The number of carbonyl (C=O) groups excluding carboxylic acids is 2. The number of Topliss-reactive ketones (excluding diaryl/α,β-unsaturated/α-hetero) is 1. The van der Waals surface area contributed by atoms with Gasteiger partial charge >= 0.3 is 0 Å². The van der Waals surface area contributed by atoms with Gasteiger partial charge in [-0.2, -0.15) is 0 Å². The Morgan fingerprint density at radius 1 is 0.920 bits per heavy atom. The van der Waals surface area contributed by atoms with Crippen LogP contribution in [0.5, 0.6) is 0 Å². The van der Waals surface area contributed by atoms with Crippen LogP contribution < -0.4 is 0 Å². The minimum absolute atomic E-state index is 0.106. The maximum Gasteiger partial charge on any atom is 0.248 e. The van der Waals surface area contributed by atoms with E-state index in [-0.39, 0.29) is 24.5 Å². The van der Waals surface area contributed by atoms with Crippen LogP contribution in [0.2, 0.25) is 0 Å². The Balaban J connectivity index is 1.68. The molecular formula is C20H36N2O3. The van der Waals surface area contributed by atoms with E-state index in [0.717, 1.165) is 50.9 Å². The minimum Gasteiger partial charge on any atom is -0.369 e. The van der Waals surface area contributed by atoms with E-state index in [1.807, 2.05) is 32.6 Å². The summed E-state index contributed by atoms with van der Waals surface area (Å²) in [4.78, 5) is 28.3. The lowest BCUT2D eigenvalue weighted by atomic mass is 9.78. The van der Waals surface area contributed by atoms with E-state index >= 15 is 0 Å². The third kappa shape index (κ3) is 6.37. The van der Waals surface area contributed by atoms with Crippen LogP contribution in [0, 0.1) is 17.8 Å². The third-order valence-electron chi connectivity index (χ3n) is 5.75. The number of hydrogen-bond acceptors (Lipinski definition) is 4. The lowest BCUT2D eigenvalue weighted by Crippen LogP contribution is -2.44. The first-order valence-electron chi connectivity index (χ1n) is 10.0. The van der Waals surface area contributed by atoms with Gasteiger partial charge in [-0.1, -0.05) is 13.8 Å². The van der Waals surface area contributed by atoms with E-state index in [1.54, 1.807) is 0 Å². The molecule has 2 aliphatic rings. The average Bonchev–Trinajstić information content (AvgIpc) is 2.60. The predicted octanol–water partition coefficient (Wildman–Crippen LogP) is 2.59. The molecule has 144 valence electrons. The summed E-state index contributed by atoms with van der Waals surface area (Å²) in [6.07, 6.45) is 4.72. The monoisotopic (exact) mass is 352 g/mol. The fraction of sp³-hybridized carbons (Fsp3) is 0.900. The van der Waals surface area contributed by atoms with Gasteiger partial charge in [0.1, 0.15) is 12.4 Å². The largest absolute Gasteiger partial charge is 0.369 e. The Bertz CT molecular complexity index is 434. The first-order valence-corrected chi connectivity index (χ1v) is 10.0. The molecule has 2 saturated heterocycles. The van der Waals surface area contributed by atoms with Crippen LogP contribution in [0.15, 0.2) is 0 Å². The molecule has 2 fully saturated rings. The highest BCUT2D eigenvalue weighted by Crippen LogP contribution is 2.32. The number of likely N-dealkylation sites (tertiary alicyclic amines) is 2. The molecule has 0 spiro atoms. The van der Waals surface area contributed by atoms with Gasteiger partial charge in [-0.3, -0.25) is 14.5 Å². The van der Waals surface area contributed by atoms with Gasteiger partial charge in [-0.25, -0.2) is 0 Å². The quantitative estimate of drug-likeness (QED) is 0.707. The highest BCUT2D eigenvalue weighted by molar-refractivity contribution is 5.82. The lowest BCUT2D eigenvalue weighted by molar-refractivity contribution is -0.139. The summed E-state index contributed by atoms with van der Waals surface area (Å²) in [6, 6.07) is 0. The van der Waals surface area contributed by atoms with Gasteiger partial charge in [0.2, 0.25) is 5.91 Å². The van der Waals surface area contributed by atoms with Crippen molar-refractivity contribution in [3.63, 3.8) is 0 Å². The zero-order valence-electron chi connectivity index (χ0n) is 16.5. The Labute approximate surface area is 153 Å². The van der Waals surface area contributed by atoms with Crippen LogP contribution in [0.4, 0.5) is 0 Å². The molecule has 2 heterocycles. The zero-order chi connectivity index (χ0) is 18.4. The maximum absolute atomic E-state index is 12.1. The highest BCUT2D eigenvalue weighted by Gasteiger charge is 2.31. The normalized spacial score (nSPS) is 21.3. The van der Waals surface area contributed by atoms with Gasteiger partial charge in [0.15, 0.2) is 0 Å². The number of rotatable bonds is 7. The summed E-state index contributed by atoms with van der Waals surface area (Å²) in [6.45, 7) is 12.6. The first kappa shape index (κ1) is 20.4. The molecule has 2 aliphatic heterocycles. The van der Waals surface area contributed by atoms with Crippen molar-refractivity contribution in [1.29, 1.82) is 0 Å². The fourth-order valence-electron chi connectivity index (χ4n) is 3.93. The smallest absolute Gasteiger partial charge is 0.248 e. The molecular weight excluding hydrogens is 316 g/mol. The summed E-state index contributed by atoms with van der Waals surface area (Å²) in [7, 11) is 0. The van der Waals surface area contributed by atoms with E-state index in [9.17, 15) is 9.59 Å². The van der Waals surface area contributed by atoms with Crippen LogP contribution in [-0.2, 0) is 14.3 Å². The molecule has 0 aliphatic carbocycles. The number of nitrogens with zero attached hydrogens (tertiary/aromatic N) is 2. The Kier molecular flexibility index (Phi) is 7.88. The van der Waals surface area contributed by atoms with E-state index in [2.05, 4.69) is 4.90 Å². The predicted molar refractivity (Wildman–Crippen MR) is 99.4 cm³/mol. The Morgan fingerprint density at radius 3 is 1.92 bits per heavy atom. The molecule has 1 amide bonds. The molecule has 0 atom stereocenters. The summed E-state index contributed by atoms with van der Waals surface area (Å²) in [5.41, 5.74) is 0. The molecule has 0 aromatic carbocycles. The Hall–Kier alpha value is -0.940. The summed E-state index contributed by atoms with van der Waals surface area (Å²) >= 11 is 0. The molecule has 0 aromatic heterocycles. The maximum atomic E-state index is 12.1. The number of ether oxygens (including phenoxy) is 1. The molecule has 25 heavy (non-hydrogen) atoms. The number of hydrogen-bond donors (Lipinski definition) is 0. The van der Waals surface area contributed by atoms with Crippen molar-refractivity contribution < 1.29 is 14.3 Å². The SMILES string of the molecule is CC(C)OCC(=O)N1CCC(C2CCN(CC(=O)C(C)C)CC2)CC1. The minimum atomic E-state index is 0.106. The summed E-state index contributed by atoms with van der Waals surface area (Å²) in [5, 5.41) is 0. The molecule has 5 nitrogen and oxygen atoms in total. The molecule has 0 saturated carbocycles. The van der Waals surface area contributed by atoms with Gasteiger partial charge in [0.25, 0.3) is 0 Å². The second-order valence-corrected chi connectivity index (χ2v) is 8.31.